The number of hydrogen-bond donors (Lipinski definition) is 2. The fourth-order valence-corrected chi connectivity index (χ4v) is 3.75. The number of anilines is 1. The Labute approximate surface area is 194 Å². The fourth-order valence-electron chi connectivity index (χ4n) is 3.49. The SMILES string of the molecule is CC1=C(C(=O)OCC(C)C)[C@H](c2cccc(NC(=O)c3ccccc3C)c2)NC(=S)N1C. The van der Waals surface area contributed by atoms with E-state index in [4.69, 9.17) is 17.0 Å². The van der Waals surface area contributed by atoms with Crippen LogP contribution < -0.4 is 10.6 Å². The normalized spacial score (nSPS) is 16.1. The van der Waals surface area contributed by atoms with Crippen LogP contribution in [0.15, 0.2) is 59.8 Å². The van der Waals surface area contributed by atoms with Crippen LogP contribution >= 0.6 is 12.2 Å². The molecule has 1 aliphatic rings. The number of nitrogens with one attached hydrogen (secondary N) is 2. The van der Waals surface area contributed by atoms with Gasteiger partial charge in [-0.1, -0.05) is 44.2 Å². The highest BCUT2D eigenvalue weighted by atomic mass is 32.1. The highest BCUT2D eigenvalue weighted by Crippen LogP contribution is 2.32. The van der Waals surface area contributed by atoms with E-state index in [2.05, 4.69) is 10.6 Å². The third kappa shape index (κ3) is 5.16. The molecule has 0 bridgehead atoms. The highest BCUT2D eigenvalue weighted by Gasteiger charge is 2.33. The van der Waals surface area contributed by atoms with E-state index in [-0.39, 0.29) is 17.8 Å². The number of thiocarbonyl (C=S) groups is 1. The first-order valence-electron chi connectivity index (χ1n) is 10.6. The van der Waals surface area contributed by atoms with Gasteiger partial charge in [0.25, 0.3) is 5.91 Å². The molecule has 0 saturated carbocycles. The Morgan fingerprint density at radius 3 is 2.56 bits per heavy atom. The second kappa shape index (κ2) is 9.96. The summed E-state index contributed by atoms with van der Waals surface area (Å²) in [4.78, 5) is 27.5. The zero-order valence-electron chi connectivity index (χ0n) is 19.1. The Hall–Kier alpha value is -3.19. The van der Waals surface area contributed by atoms with Gasteiger partial charge in [-0.2, -0.15) is 0 Å². The van der Waals surface area contributed by atoms with Gasteiger partial charge in [0, 0.05) is 24.0 Å². The molecule has 0 aromatic heterocycles. The first-order chi connectivity index (χ1) is 15.2. The predicted octanol–water partition coefficient (Wildman–Crippen LogP) is 4.58. The number of benzene rings is 2. The van der Waals surface area contributed by atoms with Crippen molar-refractivity contribution in [1.29, 1.82) is 0 Å². The number of esters is 1. The molecule has 0 fully saturated rings. The molecule has 0 aliphatic carbocycles. The van der Waals surface area contributed by atoms with Crippen molar-refractivity contribution in [3.05, 3.63) is 76.5 Å². The van der Waals surface area contributed by atoms with E-state index in [9.17, 15) is 9.59 Å². The Balaban J connectivity index is 1.91. The molecule has 1 heterocycles. The Morgan fingerprint density at radius 2 is 1.88 bits per heavy atom. The maximum Gasteiger partial charge on any atom is 0.338 e. The van der Waals surface area contributed by atoms with Crippen LogP contribution in [0.5, 0.6) is 0 Å². The number of allylic oxidation sites excluding steroid dienone is 1. The van der Waals surface area contributed by atoms with E-state index in [0.717, 1.165) is 16.8 Å². The molecule has 2 aromatic rings. The van der Waals surface area contributed by atoms with Gasteiger partial charge in [0.2, 0.25) is 0 Å². The molecule has 0 unspecified atom stereocenters. The van der Waals surface area contributed by atoms with Crippen molar-refractivity contribution in [2.24, 2.45) is 5.92 Å². The van der Waals surface area contributed by atoms with E-state index < -0.39 is 6.04 Å². The van der Waals surface area contributed by atoms with Gasteiger partial charge in [0.1, 0.15) is 0 Å². The molecular formula is C25H29N3O3S. The van der Waals surface area contributed by atoms with Gasteiger partial charge in [-0.15, -0.1) is 0 Å². The minimum Gasteiger partial charge on any atom is -0.462 e. The molecule has 2 N–H and O–H groups in total. The first-order valence-corrected chi connectivity index (χ1v) is 11.0. The van der Waals surface area contributed by atoms with Crippen molar-refractivity contribution in [3.8, 4) is 0 Å². The first kappa shape index (κ1) is 23.5. The number of carbonyl (C=O) groups excluding carboxylic acids is 2. The Kier molecular flexibility index (Phi) is 7.30. The van der Waals surface area contributed by atoms with E-state index in [1.807, 2.05) is 77.2 Å². The lowest BCUT2D eigenvalue weighted by molar-refractivity contribution is -0.140. The summed E-state index contributed by atoms with van der Waals surface area (Å²) < 4.78 is 5.54. The number of hydrogen-bond acceptors (Lipinski definition) is 4. The van der Waals surface area contributed by atoms with Crippen molar-refractivity contribution in [2.75, 3.05) is 19.0 Å². The van der Waals surface area contributed by atoms with Crippen LogP contribution in [-0.2, 0) is 9.53 Å². The van der Waals surface area contributed by atoms with Crippen LogP contribution in [0.25, 0.3) is 0 Å². The predicted molar refractivity (Wildman–Crippen MR) is 130 cm³/mol. The molecular weight excluding hydrogens is 422 g/mol. The van der Waals surface area contributed by atoms with Gasteiger partial charge in [-0.05, 0) is 61.3 Å². The number of nitrogens with zero attached hydrogens (tertiary/aromatic N) is 1. The highest BCUT2D eigenvalue weighted by molar-refractivity contribution is 7.80. The second-order valence-corrected chi connectivity index (χ2v) is 8.71. The van der Waals surface area contributed by atoms with Gasteiger partial charge >= 0.3 is 5.97 Å². The lowest BCUT2D eigenvalue weighted by Gasteiger charge is -2.35. The average Bonchev–Trinajstić information content (AvgIpc) is 2.76. The van der Waals surface area contributed by atoms with Gasteiger partial charge in [-0.3, -0.25) is 4.79 Å². The van der Waals surface area contributed by atoms with E-state index in [1.165, 1.54) is 0 Å². The minimum absolute atomic E-state index is 0.185. The molecule has 2 aromatic carbocycles. The summed E-state index contributed by atoms with van der Waals surface area (Å²) in [6, 6.07) is 14.4. The lowest BCUT2D eigenvalue weighted by Crippen LogP contribution is -2.46. The van der Waals surface area contributed by atoms with E-state index in [0.29, 0.717) is 28.5 Å². The molecule has 3 rings (SSSR count). The van der Waals surface area contributed by atoms with Crippen LogP contribution in [0.3, 0.4) is 0 Å². The van der Waals surface area contributed by atoms with Crippen molar-refractivity contribution in [3.63, 3.8) is 0 Å². The van der Waals surface area contributed by atoms with E-state index in [1.54, 1.807) is 11.0 Å². The molecule has 7 heteroatoms. The molecule has 32 heavy (non-hydrogen) atoms. The molecule has 0 radical (unpaired) electrons. The smallest absolute Gasteiger partial charge is 0.338 e. The molecule has 1 atom stereocenters. The van der Waals surface area contributed by atoms with Crippen LogP contribution in [0.2, 0.25) is 0 Å². The zero-order chi connectivity index (χ0) is 23.4. The summed E-state index contributed by atoms with van der Waals surface area (Å²) in [6.07, 6.45) is 0. The van der Waals surface area contributed by atoms with Crippen LogP contribution in [-0.4, -0.2) is 35.5 Å². The molecule has 168 valence electrons. The maximum absolute atomic E-state index is 13.0. The summed E-state index contributed by atoms with van der Waals surface area (Å²) in [5, 5.41) is 6.71. The van der Waals surface area contributed by atoms with Gasteiger partial charge < -0.3 is 20.3 Å². The number of carbonyl (C=O) groups is 2. The zero-order valence-corrected chi connectivity index (χ0v) is 19.9. The quantitative estimate of drug-likeness (QED) is 0.495. The molecule has 6 nitrogen and oxygen atoms in total. The summed E-state index contributed by atoms with van der Waals surface area (Å²) in [7, 11) is 1.81. The average molecular weight is 452 g/mol. The third-order valence-electron chi connectivity index (χ3n) is 5.39. The molecule has 1 amide bonds. The summed E-state index contributed by atoms with van der Waals surface area (Å²) in [5.74, 6) is -0.332. The summed E-state index contributed by atoms with van der Waals surface area (Å²) in [5.41, 5.74) is 4.20. The standard InChI is InChI=1S/C25H29N3O3S/c1-15(2)14-31-24(30)21-17(4)28(5)25(32)27-22(21)18-10-8-11-19(13-18)26-23(29)20-12-7-6-9-16(20)3/h6-13,15,22H,14H2,1-5H3,(H,26,29)(H,27,32)/t22-/m0/s1. The maximum atomic E-state index is 13.0. The van der Waals surface area contributed by atoms with Crippen molar-refractivity contribution in [2.45, 2.75) is 33.7 Å². The Bertz CT molecular complexity index is 1080. The van der Waals surface area contributed by atoms with Crippen LogP contribution in [0.4, 0.5) is 5.69 Å². The van der Waals surface area contributed by atoms with Gasteiger partial charge in [-0.25, -0.2) is 4.79 Å². The van der Waals surface area contributed by atoms with Crippen LogP contribution in [0, 0.1) is 12.8 Å². The number of amides is 1. The molecule has 0 spiro atoms. The fraction of sp³-hybridized carbons (Fsp3) is 0.320. The molecule has 1 aliphatic heterocycles. The van der Waals surface area contributed by atoms with Gasteiger partial charge in [0.15, 0.2) is 5.11 Å². The van der Waals surface area contributed by atoms with E-state index >= 15 is 0 Å². The van der Waals surface area contributed by atoms with Crippen molar-refractivity contribution in [1.82, 2.24) is 10.2 Å². The van der Waals surface area contributed by atoms with Gasteiger partial charge in [0.05, 0.1) is 18.2 Å². The largest absolute Gasteiger partial charge is 0.462 e. The lowest BCUT2D eigenvalue weighted by atomic mass is 9.94. The number of aryl methyl sites for hydroxylation is 1. The summed E-state index contributed by atoms with van der Waals surface area (Å²) in [6.45, 7) is 8.08. The Morgan fingerprint density at radius 1 is 1.16 bits per heavy atom. The van der Waals surface area contributed by atoms with Crippen molar-refractivity contribution >= 4 is 34.9 Å². The third-order valence-corrected chi connectivity index (χ3v) is 5.78. The number of rotatable bonds is 6. The summed E-state index contributed by atoms with van der Waals surface area (Å²) >= 11 is 5.47. The minimum atomic E-state index is -0.478. The van der Waals surface area contributed by atoms with Crippen molar-refractivity contribution < 1.29 is 14.3 Å². The monoisotopic (exact) mass is 451 g/mol. The number of ether oxygens (including phenoxy) is 1. The second-order valence-electron chi connectivity index (χ2n) is 8.33. The molecule has 0 saturated heterocycles. The van der Waals surface area contributed by atoms with Crippen LogP contribution in [0.1, 0.15) is 48.3 Å². The topological polar surface area (TPSA) is 70.7 Å².